The van der Waals surface area contributed by atoms with E-state index in [0.717, 1.165) is 12.3 Å². The van der Waals surface area contributed by atoms with Crippen LogP contribution in [0.2, 0.25) is 0 Å². The van der Waals surface area contributed by atoms with Crippen LogP contribution in [-0.4, -0.2) is 0 Å². The molecule has 1 atom stereocenters. The average Bonchev–Trinajstić information content (AvgIpc) is 3.03. The molecule has 0 aromatic heterocycles. The van der Waals surface area contributed by atoms with E-state index in [1.807, 2.05) is 0 Å². The van der Waals surface area contributed by atoms with Crippen LogP contribution in [0.1, 0.15) is 69.4 Å². The molecule has 100 valence electrons. The van der Waals surface area contributed by atoms with Crippen molar-refractivity contribution in [3.63, 3.8) is 0 Å². The Bertz CT molecular complexity index is 499. The van der Waals surface area contributed by atoms with Crippen LogP contribution < -0.4 is 0 Å². The molecule has 0 heterocycles. The maximum Gasteiger partial charge on any atom is 0.0879 e. The molecule has 3 rings (SSSR count). The molecule has 2 fully saturated rings. The molecule has 0 bridgehead atoms. The number of nitriles is 1. The minimum Gasteiger partial charge on any atom is -0.197 e. The second-order valence-corrected chi connectivity index (χ2v) is 7.03. The van der Waals surface area contributed by atoms with Crippen molar-refractivity contribution < 1.29 is 0 Å². The molecule has 2 aliphatic rings. The fraction of sp³-hybridized carbons (Fsp3) is 0.611. The molecule has 2 saturated carbocycles. The van der Waals surface area contributed by atoms with E-state index in [4.69, 9.17) is 0 Å². The smallest absolute Gasteiger partial charge is 0.0879 e. The van der Waals surface area contributed by atoms with Gasteiger partial charge in [0.15, 0.2) is 0 Å². The summed E-state index contributed by atoms with van der Waals surface area (Å²) in [4.78, 5) is 0. The Morgan fingerprint density at radius 3 is 2.11 bits per heavy atom. The first-order valence-electron chi connectivity index (χ1n) is 7.61. The highest BCUT2D eigenvalue weighted by Crippen LogP contribution is 2.63. The number of nitrogens with zero attached hydrogens (tertiary/aromatic N) is 1. The zero-order chi connectivity index (χ0) is 13.5. The van der Waals surface area contributed by atoms with E-state index in [0.29, 0.717) is 0 Å². The molecule has 1 aromatic carbocycles. The van der Waals surface area contributed by atoms with Crippen LogP contribution in [0.15, 0.2) is 24.3 Å². The van der Waals surface area contributed by atoms with E-state index in [9.17, 15) is 5.26 Å². The van der Waals surface area contributed by atoms with Gasteiger partial charge in [-0.2, -0.15) is 5.26 Å². The van der Waals surface area contributed by atoms with Gasteiger partial charge in [-0.15, -0.1) is 0 Å². The minimum atomic E-state index is -0.224. The van der Waals surface area contributed by atoms with Crippen LogP contribution in [0.3, 0.4) is 0 Å². The Balaban J connectivity index is 1.82. The molecule has 2 aliphatic carbocycles. The average molecular weight is 253 g/mol. The van der Waals surface area contributed by atoms with Gasteiger partial charge in [0.2, 0.25) is 0 Å². The lowest BCUT2D eigenvalue weighted by Crippen LogP contribution is -2.12. The molecular formula is C18H23N. The summed E-state index contributed by atoms with van der Waals surface area (Å²) >= 11 is 0. The van der Waals surface area contributed by atoms with E-state index in [2.05, 4.69) is 44.2 Å². The fourth-order valence-electron chi connectivity index (χ4n) is 3.84. The lowest BCUT2D eigenvalue weighted by molar-refractivity contribution is 0.443. The topological polar surface area (TPSA) is 23.8 Å². The second-order valence-electron chi connectivity index (χ2n) is 7.03. The zero-order valence-electron chi connectivity index (χ0n) is 12.1. The van der Waals surface area contributed by atoms with Crippen molar-refractivity contribution in [3.05, 3.63) is 35.4 Å². The van der Waals surface area contributed by atoms with Crippen LogP contribution in [0.25, 0.3) is 0 Å². The van der Waals surface area contributed by atoms with Gasteiger partial charge >= 0.3 is 0 Å². The number of hydrogen-bond donors (Lipinski definition) is 0. The lowest BCUT2D eigenvalue weighted by atomic mass is 9.82. The maximum atomic E-state index is 9.51. The van der Waals surface area contributed by atoms with Gasteiger partial charge in [0, 0.05) is 0 Å². The van der Waals surface area contributed by atoms with Gasteiger partial charge in [-0.25, -0.2) is 0 Å². The van der Waals surface area contributed by atoms with Crippen molar-refractivity contribution in [1.29, 1.82) is 5.26 Å². The third-order valence-corrected chi connectivity index (χ3v) is 5.41. The number of benzene rings is 1. The van der Waals surface area contributed by atoms with Crippen molar-refractivity contribution in [2.75, 3.05) is 0 Å². The molecule has 19 heavy (non-hydrogen) atoms. The predicted molar refractivity (Wildman–Crippen MR) is 78.0 cm³/mol. The Labute approximate surface area is 116 Å². The summed E-state index contributed by atoms with van der Waals surface area (Å²) < 4.78 is 0. The highest BCUT2D eigenvalue weighted by molar-refractivity contribution is 5.45. The predicted octanol–water partition coefficient (Wildman–Crippen LogP) is 4.93. The van der Waals surface area contributed by atoms with Crippen LogP contribution in [0.5, 0.6) is 0 Å². The SMILES string of the molecule is CC1(C)CC1(C#N)c1ccc(C2CCCCC2)cc1. The van der Waals surface area contributed by atoms with E-state index in [1.165, 1.54) is 43.2 Å². The van der Waals surface area contributed by atoms with Crippen molar-refractivity contribution in [1.82, 2.24) is 0 Å². The molecule has 0 spiro atoms. The second kappa shape index (κ2) is 4.37. The Kier molecular flexibility index (Phi) is 2.93. The quantitative estimate of drug-likeness (QED) is 0.733. The summed E-state index contributed by atoms with van der Waals surface area (Å²) in [5.74, 6) is 0.757. The molecule has 0 saturated heterocycles. The molecule has 0 amide bonds. The summed E-state index contributed by atoms with van der Waals surface area (Å²) in [7, 11) is 0. The fourth-order valence-corrected chi connectivity index (χ4v) is 3.84. The van der Waals surface area contributed by atoms with E-state index in [-0.39, 0.29) is 10.8 Å². The van der Waals surface area contributed by atoms with Crippen LogP contribution in [-0.2, 0) is 5.41 Å². The molecule has 1 heteroatoms. The number of rotatable bonds is 2. The van der Waals surface area contributed by atoms with Crippen LogP contribution in [0.4, 0.5) is 0 Å². The normalized spacial score (nSPS) is 29.7. The lowest BCUT2D eigenvalue weighted by Gasteiger charge is -2.22. The Morgan fingerprint density at radius 2 is 1.63 bits per heavy atom. The summed E-state index contributed by atoms with van der Waals surface area (Å²) in [5, 5.41) is 9.51. The van der Waals surface area contributed by atoms with Crippen molar-refractivity contribution in [2.24, 2.45) is 5.41 Å². The largest absolute Gasteiger partial charge is 0.197 e. The van der Waals surface area contributed by atoms with Gasteiger partial charge < -0.3 is 0 Å². The van der Waals surface area contributed by atoms with E-state index in [1.54, 1.807) is 0 Å². The van der Waals surface area contributed by atoms with Gasteiger partial charge in [0.1, 0.15) is 0 Å². The zero-order valence-corrected chi connectivity index (χ0v) is 12.1. The standard InChI is InChI=1S/C18H23N/c1-17(2)12-18(17,13-19)16-10-8-15(9-11-16)14-6-4-3-5-7-14/h8-11,14H,3-7,12H2,1-2H3. The monoisotopic (exact) mass is 253 g/mol. The van der Waals surface area contributed by atoms with Gasteiger partial charge in [0.05, 0.1) is 11.5 Å². The minimum absolute atomic E-state index is 0.147. The van der Waals surface area contributed by atoms with E-state index >= 15 is 0 Å². The third kappa shape index (κ3) is 1.98. The Hall–Kier alpha value is -1.29. The van der Waals surface area contributed by atoms with Gasteiger partial charge in [-0.05, 0) is 41.7 Å². The molecule has 1 aromatic rings. The van der Waals surface area contributed by atoms with Crippen molar-refractivity contribution >= 4 is 0 Å². The van der Waals surface area contributed by atoms with E-state index < -0.39 is 0 Å². The molecule has 1 nitrogen and oxygen atoms in total. The molecule has 0 radical (unpaired) electrons. The summed E-state index contributed by atoms with van der Waals surface area (Å²) in [6.07, 6.45) is 7.84. The van der Waals surface area contributed by atoms with Crippen LogP contribution in [0, 0.1) is 16.7 Å². The third-order valence-electron chi connectivity index (χ3n) is 5.41. The first kappa shape index (κ1) is 12.7. The molecule has 1 unspecified atom stereocenters. The maximum absolute atomic E-state index is 9.51. The van der Waals surface area contributed by atoms with Gasteiger partial charge in [-0.1, -0.05) is 57.4 Å². The Morgan fingerprint density at radius 1 is 1.05 bits per heavy atom. The highest BCUT2D eigenvalue weighted by Gasteiger charge is 2.62. The first-order chi connectivity index (χ1) is 9.09. The van der Waals surface area contributed by atoms with Gasteiger partial charge in [-0.3, -0.25) is 0 Å². The number of hydrogen-bond acceptors (Lipinski definition) is 1. The van der Waals surface area contributed by atoms with Gasteiger partial charge in [0.25, 0.3) is 0 Å². The summed E-state index contributed by atoms with van der Waals surface area (Å²) in [6, 6.07) is 11.5. The summed E-state index contributed by atoms with van der Waals surface area (Å²) in [6.45, 7) is 4.40. The summed E-state index contributed by atoms with van der Waals surface area (Å²) in [5.41, 5.74) is 2.63. The van der Waals surface area contributed by atoms with Crippen molar-refractivity contribution in [3.8, 4) is 6.07 Å². The molecule has 0 N–H and O–H groups in total. The van der Waals surface area contributed by atoms with Crippen molar-refractivity contribution in [2.45, 2.75) is 63.7 Å². The first-order valence-corrected chi connectivity index (χ1v) is 7.61. The molecule has 0 aliphatic heterocycles. The van der Waals surface area contributed by atoms with Crippen LogP contribution >= 0.6 is 0 Å². The highest BCUT2D eigenvalue weighted by atomic mass is 14.6. The molecular weight excluding hydrogens is 230 g/mol.